The summed E-state index contributed by atoms with van der Waals surface area (Å²) in [6.07, 6.45) is 3.36. The van der Waals surface area contributed by atoms with Crippen molar-refractivity contribution in [2.75, 3.05) is 20.2 Å². The number of carbonyl (C=O) groups excluding carboxylic acids is 1. The Labute approximate surface area is 158 Å². The van der Waals surface area contributed by atoms with Gasteiger partial charge in [-0.1, -0.05) is 36.8 Å². The Bertz CT molecular complexity index is 867. The first-order valence-corrected chi connectivity index (χ1v) is 9.98. The average Bonchev–Trinajstić information content (AvgIpc) is 2.97. The fraction of sp³-hybridized carbons (Fsp3) is 0.318. The number of hydrogen-bond donors (Lipinski definition) is 0. The maximum atomic E-state index is 13.1. The Morgan fingerprint density at radius 3 is 2.69 bits per heavy atom. The number of rotatable bonds is 3. The molecule has 134 valence electrons. The molecule has 4 rings (SSSR count). The fourth-order valence-electron chi connectivity index (χ4n) is 3.72. The number of benzene rings is 2. The molecular weight excluding hydrogens is 342 g/mol. The van der Waals surface area contributed by atoms with Crippen molar-refractivity contribution < 1.29 is 9.53 Å². The van der Waals surface area contributed by atoms with Crippen molar-refractivity contribution in [3.05, 3.63) is 65.0 Å². The number of carbonyl (C=O) groups is 1. The van der Waals surface area contributed by atoms with Crippen LogP contribution in [0.5, 0.6) is 5.75 Å². The Morgan fingerprint density at radius 1 is 1.12 bits per heavy atom. The summed E-state index contributed by atoms with van der Waals surface area (Å²) in [5, 5.41) is 1.15. The highest BCUT2D eigenvalue weighted by molar-refractivity contribution is 7.20. The first-order chi connectivity index (χ1) is 12.7. The van der Waals surface area contributed by atoms with Gasteiger partial charge in [0.2, 0.25) is 0 Å². The molecule has 3 nitrogen and oxygen atoms in total. The molecule has 1 fully saturated rings. The number of hydrogen-bond acceptors (Lipinski definition) is 3. The Morgan fingerprint density at radius 2 is 1.92 bits per heavy atom. The third kappa shape index (κ3) is 3.47. The van der Waals surface area contributed by atoms with Crippen LogP contribution in [-0.4, -0.2) is 31.0 Å². The minimum atomic E-state index is 0.173. The lowest BCUT2D eigenvalue weighted by atomic mass is 9.94. The molecule has 1 saturated heterocycles. The molecular formula is C22H23NO2S. The zero-order valence-corrected chi connectivity index (χ0v) is 15.8. The lowest BCUT2D eigenvalue weighted by Gasteiger charge is -2.24. The van der Waals surface area contributed by atoms with E-state index >= 15 is 0 Å². The van der Waals surface area contributed by atoms with Gasteiger partial charge in [-0.25, -0.2) is 0 Å². The SMILES string of the molecule is COc1ccc([C@H]2CCCCN(C(=O)c3cc4ccccc4s3)C2)cc1. The van der Waals surface area contributed by atoms with Crippen LogP contribution in [0.4, 0.5) is 0 Å². The normalized spacial score (nSPS) is 17.9. The molecule has 1 aliphatic heterocycles. The largest absolute Gasteiger partial charge is 0.497 e. The van der Waals surface area contributed by atoms with Crippen molar-refractivity contribution in [2.24, 2.45) is 0 Å². The second-order valence-electron chi connectivity index (χ2n) is 6.87. The second kappa shape index (κ2) is 7.50. The summed E-state index contributed by atoms with van der Waals surface area (Å²) in [6.45, 7) is 1.64. The molecule has 0 saturated carbocycles. The highest BCUT2D eigenvalue weighted by atomic mass is 32.1. The molecule has 2 aromatic carbocycles. The minimum Gasteiger partial charge on any atom is -0.497 e. The number of methoxy groups -OCH3 is 1. The summed E-state index contributed by atoms with van der Waals surface area (Å²) in [5.41, 5.74) is 1.29. The summed E-state index contributed by atoms with van der Waals surface area (Å²) in [4.78, 5) is 16.0. The molecule has 1 aliphatic rings. The summed E-state index contributed by atoms with van der Waals surface area (Å²) < 4.78 is 6.44. The van der Waals surface area contributed by atoms with Gasteiger partial charge in [0.05, 0.1) is 12.0 Å². The second-order valence-corrected chi connectivity index (χ2v) is 7.95. The minimum absolute atomic E-state index is 0.173. The van der Waals surface area contributed by atoms with E-state index < -0.39 is 0 Å². The average molecular weight is 365 g/mol. The summed E-state index contributed by atoms with van der Waals surface area (Å²) in [6, 6.07) is 18.5. The van der Waals surface area contributed by atoms with Crippen molar-refractivity contribution in [1.82, 2.24) is 4.90 Å². The van der Waals surface area contributed by atoms with Crippen molar-refractivity contribution in [3.8, 4) is 5.75 Å². The molecule has 1 atom stereocenters. The van der Waals surface area contributed by atoms with Gasteiger partial charge in [-0.05, 0) is 48.1 Å². The van der Waals surface area contributed by atoms with Gasteiger partial charge in [-0.15, -0.1) is 11.3 Å². The van der Waals surface area contributed by atoms with E-state index in [2.05, 4.69) is 24.3 Å². The topological polar surface area (TPSA) is 29.5 Å². The maximum Gasteiger partial charge on any atom is 0.263 e. The van der Waals surface area contributed by atoms with Crippen LogP contribution in [0.3, 0.4) is 0 Å². The maximum absolute atomic E-state index is 13.1. The number of nitrogens with zero attached hydrogens (tertiary/aromatic N) is 1. The lowest BCUT2D eigenvalue weighted by Crippen LogP contribution is -2.33. The number of ether oxygens (including phenoxy) is 1. The molecule has 0 radical (unpaired) electrons. The zero-order valence-electron chi connectivity index (χ0n) is 15.0. The first-order valence-electron chi connectivity index (χ1n) is 9.16. The predicted molar refractivity (Wildman–Crippen MR) is 107 cm³/mol. The quantitative estimate of drug-likeness (QED) is 0.629. The van der Waals surface area contributed by atoms with Gasteiger partial charge in [0.1, 0.15) is 5.75 Å². The van der Waals surface area contributed by atoms with Gasteiger partial charge in [-0.3, -0.25) is 4.79 Å². The van der Waals surface area contributed by atoms with Crippen LogP contribution in [0.15, 0.2) is 54.6 Å². The van der Waals surface area contributed by atoms with Crippen LogP contribution in [0.2, 0.25) is 0 Å². The van der Waals surface area contributed by atoms with E-state index in [-0.39, 0.29) is 5.91 Å². The zero-order chi connectivity index (χ0) is 17.9. The third-order valence-corrected chi connectivity index (χ3v) is 6.29. The van der Waals surface area contributed by atoms with E-state index in [1.54, 1.807) is 18.4 Å². The van der Waals surface area contributed by atoms with E-state index in [9.17, 15) is 4.79 Å². The van der Waals surface area contributed by atoms with Crippen LogP contribution < -0.4 is 4.74 Å². The summed E-state index contributed by atoms with van der Waals surface area (Å²) in [5.74, 6) is 1.44. The van der Waals surface area contributed by atoms with Crippen LogP contribution in [0.1, 0.15) is 40.4 Å². The van der Waals surface area contributed by atoms with Gasteiger partial charge < -0.3 is 9.64 Å². The molecule has 2 heterocycles. The molecule has 0 aliphatic carbocycles. The smallest absolute Gasteiger partial charge is 0.263 e. The predicted octanol–water partition coefficient (Wildman–Crippen LogP) is 5.32. The molecule has 1 aromatic heterocycles. The molecule has 0 bridgehead atoms. The first kappa shape index (κ1) is 17.1. The van der Waals surface area contributed by atoms with E-state index in [4.69, 9.17) is 4.74 Å². The van der Waals surface area contributed by atoms with E-state index in [0.29, 0.717) is 5.92 Å². The number of fused-ring (bicyclic) bond motifs is 1. The van der Waals surface area contributed by atoms with Crippen molar-refractivity contribution in [2.45, 2.75) is 25.2 Å². The van der Waals surface area contributed by atoms with Gasteiger partial charge >= 0.3 is 0 Å². The number of likely N-dealkylation sites (tertiary alicyclic amines) is 1. The lowest BCUT2D eigenvalue weighted by molar-refractivity contribution is 0.0759. The molecule has 1 amide bonds. The van der Waals surface area contributed by atoms with E-state index in [0.717, 1.165) is 48.4 Å². The number of thiophene rings is 1. The highest BCUT2D eigenvalue weighted by Crippen LogP contribution is 2.31. The molecule has 0 N–H and O–H groups in total. The van der Waals surface area contributed by atoms with Crippen molar-refractivity contribution in [1.29, 1.82) is 0 Å². The third-order valence-electron chi connectivity index (χ3n) is 5.18. The van der Waals surface area contributed by atoms with Gasteiger partial charge in [0.25, 0.3) is 5.91 Å². The van der Waals surface area contributed by atoms with E-state index in [1.165, 1.54) is 10.3 Å². The van der Waals surface area contributed by atoms with Crippen molar-refractivity contribution in [3.63, 3.8) is 0 Å². The van der Waals surface area contributed by atoms with Crippen LogP contribution in [0.25, 0.3) is 10.1 Å². The van der Waals surface area contributed by atoms with Crippen molar-refractivity contribution >= 4 is 27.3 Å². The monoisotopic (exact) mass is 365 g/mol. The van der Waals surface area contributed by atoms with Crippen LogP contribution in [0, 0.1) is 0 Å². The van der Waals surface area contributed by atoms with Crippen LogP contribution in [-0.2, 0) is 0 Å². The summed E-state index contributed by atoms with van der Waals surface area (Å²) >= 11 is 1.60. The Balaban J connectivity index is 1.55. The van der Waals surface area contributed by atoms with Gasteiger partial charge in [0.15, 0.2) is 0 Å². The number of amides is 1. The fourth-order valence-corrected chi connectivity index (χ4v) is 4.75. The standard InChI is InChI=1S/C22H23NO2S/c1-25-19-11-9-16(10-12-19)18-7-4-5-13-23(15-18)22(24)21-14-17-6-2-3-8-20(17)26-21/h2-3,6,8-12,14,18H,4-5,7,13,15H2,1H3/t18-/m0/s1. The molecule has 0 unspecified atom stereocenters. The molecule has 0 spiro atoms. The van der Waals surface area contributed by atoms with Gasteiger partial charge in [0, 0.05) is 23.7 Å². The van der Waals surface area contributed by atoms with Gasteiger partial charge in [-0.2, -0.15) is 0 Å². The summed E-state index contributed by atoms with van der Waals surface area (Å²) in [7, 11) is 1.69. The van der Waals surface area contributed by atoms with Crippen LogP contribution >= 0.6 is 11.3 Å². The molecule has 3 aromatic rings. The Kier molecular flexibility index (Phi) is 4.93. The molecule has 26 heavy (non-hydrogen) atoms. The Hall–Kier alpha value is -2.33. The highest BCUT2D eigenvalue weighted by Gasteiger charge is 2.25. The molecule has 4 heteroatoms. The van der Waals surface area contributed by atoms with E-state index in [1.807, 2.05) is 35.2 Å².